The Morgan fingerprint density at radius 2 is 2.28 bits per heavy atom. The lowest BCUT2D eigenvalue weighted by atomic mass is 10.0. The average Bonchev–Trinajstić information content (AvgIpc) is 2.77. The standard InChI is InChI=1S/C11H20N4O2S/c1-14-11(6-8-13-14)18(16,17)15-9-3-2-4-10(15)5-7-12/h6,8,10H,2-5,7,9,12H2,1H3. The van der Waals surface area contributed by atoms with Crippen molar-refractivity contribution in [3.8, 4) is 0 Å². The second kappa shape index (κ2) is 5.38. The highest BCUT2D eigenvalue weighted by Crippen LogP contribution is 2.26. The van der Waals surface area contributed by atoms with Gasteiger partial charge in [0, 0.05) is 19.6 Å². The van der Waals surface area contributed by atoms with Gasteiger partial charge >= 0.3 is 0 Å². The molecular weight excluding hydrogens is 252 g/mol. The van der Waals surface area contributed by atoms with Gasteiger partial charge in [0.15, 0.2) is 5.03 Å². The van der Waals surface area contributed by atoms with E-state index in [1.807, 2.05) is 0 Å². The number of hydrogen-bond acceptors (Lipinski definition) is 4. The molecule has 1 fully saturated rings. The lowest BCUT2D eigenvalue weighted by Gasteiger charge is -2.34. The molecule has 2 rings (SSSR count). The van der Waals surface area contributed by atoms with Crippen molar-refractivity contribution in [3.63, 3.8) is 0 Å². The molecule has 1 unspecified atom stereocenters. The van der Waals surface area contributed by atoms with Crippen LogP contribution in [-0.2, 0) is 17.1 Å². The van der Waals surface area contributed by atoms with E-state index in [2.05, 4.69) is 5.10 Å². The van der Waals surface area contributed by atoms with Gasteiger partial charge in [0.05, 0.1) is 6.20 Å². The molecule has 1 aromatic heterocycles. The molecular formula is C11H20N4O2S. The Kier molecular flexibility index (Phi) is 4.04. The predicted molar refractivity (Wildman–Crippen MR) is 68.4 cm³/mol. The van der Waals surface area contributed by atoms with Gasteiger partial charge in [0.25, 0.3) is 10.0 Å². The van der Waals surface area contributed by atoms with E-state index in [0.717, 1.165) is 25.7 Å². The van der Waals surface area contributed by atoms with Crippen molar-refractivity contribution in [2.24, 2.45) is 12.8 Å². The number of nitrogens with zero attached hydrogens (tertiary/aromatic N) is 3. The van der Waals surface area contributed by atoms with Gasteiger partial charge in [-0.2, -0.15) is 9.40 Å². The van der Waals surface area contributed by atoms with Crippen LogP contribution in [0.15, 0.2) is 17.3 Å². The summed E-state index contributed by atoms with van der Waals surface area (Å²) in [6.07, 6.45) is 5.11. The van der Waals surface area contributed by atoms with Gasteiger partial charge in [0.2, 0.25) is 0 Å². The Morgan fingerprint density at radius 1 is 1.50 bits per heavy atom. The number of aromatic nitrogens is 2. The van der Waals surface area contributed by atoms with Crippen LogP contribution in [-0.4, -0.2) is 41.6 Å². The minimum atomic E-state index is -3.44. The van der Waals surface area contributed by atoms with Crippen molar-refractivity contribution in [3.05, 3.63) is 12.3 Å². The first-order chi connectivity index (χ1) is 8.57. The van der Waals surface area contributed by atoms with E-state index in [1.165, 1.54) is 10.9 Å². The molecule has 0 spiro atoms. The topological polar surface area (TPSA) is 81.2 Å². The predicted octanol–water partition coefficient (Wildman–Crippen LogP) is 0.312. The van der Waals surface area contributed by atoms with Crippen LogP contribution in [0.4, 0.5) is 0 Å². The third-order valence-electron chi connectivity index (χ3n) is 3.42. The van der Waals surface area contributed by atoms with Crippen LogP contribution in [0, 0.1) is 0 Å². The fourth-order valence-corrected chi connectivity index (χ4v) is 4.33. The number of nitrogens with two attached hydrogens (primary N) is 1. The summed E-state index contributed by atoms with van der Waals surface area (Å²) in [4.78, 5) is 0. The summed E-state index contributed by atoms with van der Waals surface area (Å²) in [7, 11) is -1.79. The molecule has 0 saturated carbocycles. The maximum absolute atomic E-state index is 12.6. The minimum Gasteiger partial charge on any atom is -0.330 e. The minimum absolute atomic E-state index is 0.0312. The number of piperidine rings is 1. The van der Waals surface area contributed by atoms with Crippen molar-refractivity contribution < 1.29 is 8.42 Å². The van der Waals surface area contributed by atoms with Gasteiger partial charge < -0.3 is 5.73 Å². The Morgan fingerprint density at radius 3 is 2.89 bits per heavy atom. The molecule has 0 aliphatic carbocycles. The normalized spacial score (nSPS) is 22.2. The number of aryl methyl sites for hydroxylation is 1. The van der Waals surface area contributed by atoms with E-state index in [4.69, 9.17) is 5.73 Å². The zero-order chi connectivity index (χ0) is 13.2. The maximum atomic E-state index is 12.6. The van der Waals surface area contributed by atoms with Crippen LogP contribution in [0.5, 0.6) is 0 Å². The van der Waals surface area contributed by atoms with Gasteiger partial charge in [-0.25, -0.2) is 8.42 Å². The maximum Gasteiger partial charge on any atom is 0.260 e. The van der Waals surface area contributed by atoms with Gasteiger partial charge in [0.1, 0.15) is 0 Å². The summed E-state index contributed by atoms with van der Waals surface area (Å²) in [6.45, 7) is 1.10. The quantitative estimate of drug-likeness (QED) is 0.855. The van der Waals surface area contributed by atoms with Crippen molar-refractivity contribution in [1.29, 1.82) is 0 Å². The second-order valence-electron chi connectivity index (χ2n) is 4.64. The SMILES string of the molecule is Cn1nccc1S(=O)(=O)N1CCCCC1CCN. The zero-order valence-electron chi connectivity index (χ0n) is 10.6. The number of sulfonamides is 1. The smallest absolute Gasteiger partial charge is 0.260 e. The monoisotopic (exact) mass is 272 g/mol. The third-order valence-corrected chi connectivity index (χ3v) is 5.45. The van der Waals surface area contributed by atoms with Crippen LogP contribution in [0.2, 0.25) is 0 Å². The summed E-state index contributed by atoms with van der Waals surface area (Å²) >= 11 is 0. The Balaban J connectivity index is 2.30. The molecule has 2 N–H and O–H groups in total. The van der Waals surface area contributed by atoms with Crippen LogP contribution >= 0.6 is 0 Å². The van der Waals surface area contributed by atoms with E-state index in [1.54, 1.807) is 17.4 Å². The summed E-state index contributed by atoms with van der Waals surface area (Å²) in [6, 6.07) is 1.58. The second-order valence-corrected chi connectivity index (χ2v) is 6.47. The van der Waals surface area contributed by atoms with E-state index >= 15 is 0 Å². The van der Waals surface area contributed by atoms with Crippen molar-refractivity contribution in [2.75, 3.05) is 13.1 Å². The lowest BCUT2D eigenvalue weighted by Crippen LogP contribution is -2.45. The molecule has 7 heteroatoms. The van der Waals surface area contributed by atoms with E-state index in [0.29, 0.717) is 13.1 Å². The fourth-order valence-electron chi connectivity index (χ4n) is 2.51. The molecule has 1 atom stereocenters. The fraction of sp³-hybridized carbons (Fsp3) is 0.727. The molecule has 0 amide bonds. The number of hydrogen-bond donors (Lipinski definition) is 1. The van der Waals surface area contributed by atoms with Crippen LogP contribution in [0.1, 0.15) is 25.7 Å². The van der Waals surface area contributed by atoms with Gasteiger partial charge in [-0.05, 0) is 31.9 Å². The molecule has 0 radical (unpaired) electrons. The molecule has 1 aliphatic rings. The van der Waals surface area contributed by atoms with Crippen LogP contribution < -0.4 is 5.73 Å². The highest BCUT2D eigenvalue weighted by molar-refractivity contribution is 7.89. The highest BCUT2D eigenvalue weighted by Gasteiger charge is 2.34. The lowest BCUT2D eigenvalue weighted by molar-refractivity contribution is 0.242. The first kappa shape index (κ1) is 13.5. The molecule has 0 aromatic carbocycles. The molecule has 18 heavy (non-hydrogen) atoms. The zero-order valence-corrected chi connectivity index (χ0v) is 11.4. The molecule has 102 valence electrons. The molecule has 1 saturated heterocycles. The Labute approximate surface area is 108 Å². The van der Waals surface area contributed by atoms with Crippen molar-refractivity contribution in [1.82, 2.24) is 14.1 Å². The average molecular weight is 272 g/mol. The highest BCUT2D eigenvalue weighted by atomic mass is 32.2. The summed E-state index contributed by atoms with van der Waals surface area (Å²) in [5.74, 6) is 0. The van der Waals surface area contributed by atoms with Crippen LogP contribution in [0.25, 0.3) is 0 Å². The Bertz CT molecular complexity index is 495. The molecule has 0 bridgehead atoms. The first-order valence-electron chi connectivity index (χ1n) is 6.27. The van der Waals surface area contributed by atoms with E-state index < -0.39 is 10.0 Å². The molecule has 6 nitrogen and oxygen atoms in total. The van der Waals surface area contributed by atoms with Gasteiger partial charge in [-0.15, -0.1) is 0 Å². The largest absolute Gasteiger partial charge is 0.330 e. The van der Waals surface area contributed by atoms with Crippen molar-refractivity contribution in [2.45, 2.75) is 36.8 Å². The number of rotatable bonds is 4. The first-order valence-corrected chi connectivity index (χ1v) is 7.71. The Hall–Kier alpha value is -0.920. The summed E-state index contributed by atoms with van der Waals surface area (Å²) in [5, 5.41) is 4.19. The van der Waals surface area contributed by atoms with E-state index in [-0.39, 0.29) is 11.1 Å². The van der Waals surface area contributed by atoms with Gasteiger partial charge in [-0.3, -0.25) is 4.68 Å². The summed E-state index contributed by atoms with van der Waals surface area (Å²) < 4.78 is 28.2. The van der Waals surface area contributed by atoms with E-state index in [9.17, 15) is 8.42 Å². The third kappa shape index (κ3) is 2.43. The van der Waals surface area contributed by atoms with Crippen molar-refractivity contribution >= 4 is 10.0 Å². The van der Waals surface area contributed by atoms with Gasteiger partial charge in [-0.1, -0.05) is 6.42 Å². The molecule has 2 heterocycles. The molecule has 1 aliphatic heterocycles. The molecule has 1 aromatic rings. The summed E-state index contributed by atoms with van der Waals surface area (Å²) in [5.41, 5.74) is 5.57. The van der Waals surface area contributed by atoms with Crippen LogP contribution in [0.3, 0.4) is 0 Å².